The van der Waals surface area contributed by atoms with Crippen molar-refractivity contribution in [3.8, 4) is 0 Å². The van der Waals surface area contributed by atoms with Crippen LogP contribution in [0.3, 0.4) is 0 Å². The Balaban J connectivity index is 0.00000512. The molecule has 0 saturated heterocycles. The van der Waals surface area contributed by atoms with Gasteiger partial charge in [0, 0.05) is 19.6 Å². The Morgan fingerprint density at radius 1 is 0.848 bits per heavy atom. The molecule has 33 heavy (non-hydrogen) atoms. The predicted molar refractivity (Wildman–Crippen MR) is 137 cm³/mol. The van der Waals surface area contributed by atoms with E-state index in [0.29, 0.717) is 0 Å². The molecule has 2 aromatic rings. The number of ether oxygens (including phenoxy) is 1. The minimum atomic E-state index is -2.57. The Hall–Kier alpha value is -0.198. The zero-order valence-corrected chi connectivity index (χ0v) is 29.1. The zero-order valence-electron chi connectivity index (χ0n) is 21.9. The first-order valence-corrected chi connectivity index (χ1v) is 13.9. The van der Waals surface area contributed by atoms with E-state index in [0.717, 1.165) is 25.7 Å². The van der Waals surface area contributed by atoms with Gasteiger partial charge in [-0.1, -0.05) is 115 Å². The molecule has 0 amide bonds. The first-order valence-electron chi connectivity index (χ1n) is 11.9. The van der Waals surface area contributed by atoms with E-state index in [2.05, 4.69) is 109 Å². The van der Waals surface area contributed by atoms with Gasteiger partial charge in [0.25, 0.3) is 8.32 Å². The van der Waals surface area contributed by atoms with Crippen LogP contribution >= 0.6 is 0 Å². The van der Waals surface area contributed by atoms with Crippen LogP contribution in [0, 0.1) is 6.42 Å². The summed E-state index contributed by atoms with van der Waals surface area (Å²) in [4.78, 5) is 0. The van der Waals surface area contributed by atoms with Gasteiger partial charge in [0.05, 0.1) is 5.60 Å². The van der Waals surface area contributed by atoms with E-state index in [9.17, 15) is 0 Å². The molecule has 0 spiro atoms. The van der Waals surface area contributed by atoms with Crippen LogP contribution in [-0.4, -0.2) is 27.1 Å². The molecular weight excluding hydrogens is 632 g/mol. The number of methoxy groups -OCH3 is 1. The second-order valence-electron chi connectivity index (χ2n) is 9.78. The van der Waals surface area contributed by atoms with Crippen molar-refractivity contribution in [2.45, 2.75) is 90.4 Å². The van der Waals surface area contributed by atoms with Gasteiger partial charge in [-0.2, -0.15) is 0 Å². The van der Waals surface area contributed by atoms with E-state index in [-0.39, 0.29) is 56.8 Å². The van der Waals surface area contributed by atoms with Crippen LogP contribution in [0.25, 0.3) is 0 Å². The van der Waals surface area contributed by atoms with Crippen LogP contribution < -0.4 is 22.8 Å². The minimum absolute atomic E-state index is 0. The van der Waals surface area contributed by atoms with Crippen molar-refractivity contribution in [1.82, 2.24) is 0 Å². The quantitative estimate of drug-likeness (QED) is 0.321. The van der Waals surface area contributed by atoms with Crippen LogP contribution in [0.1, 0.15) is 73.6 Å². The fraction of sp³-hybridized carbons (Fsp3) is 0.536. The third-order valence-corrected chi connectivity index (χ3v) is 11.5. The smallest absolute Gasteiger partial charge is 1.00 e. The summed E-state index contributed by atoms with van der Waals surface area (Å²) in [6.07, 6.45) is 7.84. The number of halogens is 1. The summed E-state index contributed by atoms with van der Waals surface area (Å²) in [5, 5.41) is 2.61. The number of rotatable bonds is 12. The standard InChI is InChI=1S/C28H43O2Si.ClH.Hg/c1-8-10-22-28(29-7,21-9-2)23-24(3)30-31(27(4,5)6,25-17-13-11-14-18-25)26-19-15-12-16-20-26;;/h11-20,23-24H,8-10,21-22H2,1-7H3;1H;/q;;+1/p-1/t24-,28-;;/m0../s1. The van der Waals surface area contributed by atoms with Gasteiger partial charge in [-0.05, 0) is 35.2 Å². The van der Waals surface area contributed by atoms with Gasteiger partial charge in [-0.3, -0.25) is 0 Å². The van der Waals surface area contributed by atoms with Crippen molar-refractivity contribution < 1.29 is 49.2 Å². The first kappa shape index (κ1) is 32.8. The average molecular weight is 676 g/mol. The monoisotopic (exact) mass is 676 g/mol. The molecule has 0 aliphatic carbocycles. The zero-order chi connectivity index (χ0) is 23.0. The summed E-state index contributed by atoms with van der Waals surface area (Å²) in [7, 11) is -0.707. The Morgan fingerprint density at radius 3 is 1.70 bits per heavy atom. The van der Waals surface area contributed by atoms with E-state index >= 15 is 0 Å². The van der Waals surface area contributed by atoms with Crippen LogP contribution in [0.2, 0.25) is 5.04 Å². The van der Waals surface area contributed by atoms with Crippen molar-refractivity contribution >= 4 is 18.7 Å². The van der Waals surface area contributed by atoms with Crippen molar-refractivity contribution in [2.24, 2.45) is 0 Å². The summed E-state index contributed by atoms with van der Waals surface area (Å²) in [5.41, 5.74) is -0.227. The van der Waals surface area contributed by atoms with E-state index < -0.39 is 8.32 Å². The number of benzene rings is 2. The Labute approximate surface area is 231 Å². The van der Waals surface area contributed by atoms with Gasteiger partial charge in [-0.15, -0.1) is 0 Å². The third kappa shape index (κ3) is 8.17. The fourth-order valence-electron chi connectivity index (χ4n) is 4.89. The molecule has 0 heterocycles. The van der Waals surface area contributed by atoms with Crippen LogP contribution in [-0.2, 0) is 36.8 Å². The molecule has 2 radical (unpaired) electrons. The molecule has 2 nitrogen and oxygen atoms in total. The number of hydrogen-bond donors (Lipinski definition) is 0. The maximum Gasteiger partial charge on any atom is 1.00 e. The summed E-state index contributed by atoms with van der Waals surface area (Å²) < 4.78 is 13.4. The third-order valence-electron chi connectivity index (χ3n) is 6.35. The normalized spacial score (nSPS) is 14.5. The molecule has 0 aliphatic rings. The maximum atomic E-state index is 7.26. The maximum absolute atomic E-state index is 7.26. The Bertz CT molecular complexity index is 727. The van der Waals surface area contributed by atoms with E-state index in [1.54, 1.807) is 0 Å². The molecular formula is C28H43ClHgO2Si. The van der Waals surface area contributed by atoms with Crippen molar-refractivity contribution in [2.75, 3.05) is 7.11 Å². The fourth-order valence-corrected chi connectivity index (χ4v) is 9.54. The van der Waals surface area contributed by atoms with Crippen LogP contribution in [0.5, 0.6) is 0 Å². The van der Waals surface area contributed by atoms with Gasteiger partial charge in [0.2, 0.25) is 0 Å². The van der Waals surface area contributed by atoms with Crippen molar-refractivity contribution in [1.29, 1.82) is 0 Å². The molecule has 0 aromatic heterocycles. The van der Waals surface area contributed by atoms with Gasteiger partial charge >= 0.3 is 27.7 Å². The minimum Gasteiger partial charge on any atom is -1.00 e. The molecule has 180 valence electrons. The van der Waals surface area contributed by atoms with Crippen LogP contribution in [0.15, 0.2) is 60.7 Å². The summed E-state index contributed by atoms with van der Waals surface area (Å²) in [6, 6.07) is 21.8. The van der Waals surface area contributed by atoms with Crippen molar-refractivity contribution in [3.05, 3.63) is 67.1 Å². The summed E-state index contributed by atoms with van der Waals surface area (Å²) in [6.45, 7) is 13.7. The van der Waals surface area contributed by atoms with E-state index in [4.69, 9.17) is 9.16 Å². The average Bonchev–Trinajstić information content (AvgIpc) is 2.76. The predicted octanol–water partition coefficient (Wildman–Crippen LogP) is 3.53. The van der Waals surface area contributed by atoms with Crippen molar-refractivity contribution in [3.63, 3.8) is 0 Å². The van der Waals surface area contributed by atoms with Gasteiger partial charge in [0.15, 0.2) is 0 Å². The second-order valence-corrected chi connectivity index (χ2v) is 14.0. The van der Waals surface area contributed by atoms with E-state index in [1.165, 1.54) is 16.8 Å². The Morgan fingerprint density at radius 2 is 1.33 bits per heavy atom. The SMILES string of the molecule is CCCC[C@]([CH][C@H](C)O[Si](c1ccccc1)(c1ccccc1)C(C)(C)C)(CCC)OC.[Cl-].[Hg+]. The largest absolute Gasteiger partial charge is 1.00 e. The van der Waals surface area contributed by atoms with Crippen LogP contribution in [0.4, 0.5) is 0 Å². The van der Waals surface area contributed by atoms with E-state index in [1.807, 2.05) is 7.11 Å². The molecule has 0 saturated carbocycles. The van der Waals surface area contributed by atoms with Gasteiger partial charge < -0.3 is 21.6 Å². The molecule has 0 N–H and O–H groups in total. The molecule has 0 unspecified atom stereocenters. The molecule has 0 bridgehead atoms. The second kappa shape index (κ2) is 15.0. The molecule has 2 rings (SSSR count). The number of hydrogen-bond acceptors (Lipinski definition) is 2. The molecule has 2 atom stereocenters. The molecule has 2 aromatic carbocycles. The van der Waals surface area contributed by atoms with Gasteiger partial charge in [0.1, 0.15) is 0 Å². The molecule has 0 aliphatic heterocycles. The first-order chi connectivity index (χ1) is 14.7. The molecule has 5 heteroatoms. The topological polar surface area (TPSA) is 18.5 Å². The summed E-state index contributed by atoms with van der Waals surface area (Å²) >= 11 is 0. The summed E-state index contributed by atoms with van der Waals surface area (Å²) in [5.74, 6) is 0. The van der Waals surface area contributed by atoms with Gasteiger partial charge in [-0.25, -0.2) is 0 Å². The molecule has 0 fully saturated rings. The number of unbranched alkanes of at least 4 members (excludes halogenated alkanes) is 1. The Kier molecular flexibility index (Phi) is 14.9.